The van der Waals surface area contributed by atoms with Gasteiger partial charge in [-0.15, -0.1) is 0 Å². The van der Waals surface area contributed by atoms with Crippen LogP contribution < -0.4 is 15.8 Å². The third kappa shape index (κ3) is 13.9. The predicted molar refractivity (Wildman–Crippen MR) is 170 cm³/mol. The first kappa shape index (κ1) is 35.5. The van der Waals surface area contributed by atoms with Crippen molar-refractivity contribution in [3.63, 3.8) is 0 Å². The number of carbonyl (C=O) groups is 4. The molecule has 2 amide bonds. The molecule has 0 unspecified atom stereocenters. The minimum Gasteiger partial charge on any atom is -0.460 e. The van der Waals surface area contributed by atoms with Crippen LogP contribution in [0, 0.1) is 0 Å². The summed E-state index contributed by atoms with van der Waals surface area (Å²) in [6.45, 7) is 17.2. The molecule has 0 bridgehead atoms. The van der Waals surface area contributed by atoms with E-state index in [0.29, 0.717) is 0 Å². The van der Waals surface area contributed by atoms with E-state index in [9.17, 15) is 19.2 Å². The van der Waals surface area contributed by atoms with Crippen LogP contribution in [0.25, 0.3) is 0 Å². The Bertz CT molecular complexity index is 1240. The topological polar surface area (TPSA) is 120 Å². The first-order chi connectivity index (χ1) is 19.8. The SMILES string of the molecule is CC(C)(C)OC(=O)CC[C@H](NC(=O)OCc1ccccc1)C(=O)N[C@@H](Cc1cccc([Si](C)(C)C)c1)C(=O)OC(C)(C)C. The van der Waals surface area contributed by atoms with Gasteiger partial charge in [0.1, 0.15) is 29.9 Å². The average Bonchev–Trinajstić information content (AvgIpc) is 2.87. The zero-order valence-electron chi connectivity index (χ0n) is 27.0. The molecule has 0 aliphatic carbocycles. The molecule has 2 atom stereocenters. The summed E-state index contributed by atoms with van der Waals surface area (Å²) in [5.74, 6) is -1.76. The van der Waals surface area contributed by atoms with Gasteiger partial charge in [-0.3, -0.25) is 9.59 Å². The van der Waals surface area contributed by atoms with Crippen LogP contribution in [0.2, 0.25) is 19.6 Å². The third-order valence-electron chi connectivity index (χ3n) is 6.12. The van der Waals surface area contributed by atoms with Crippen LogP contribution in [0.3, 0.4) is 0 Å². The van der Waals surface area contributed by atoms with Crippen molar-refractivity contribution in [1.82, 2.24) is 10.6 Å². The van der Waals surface area contributed by atoms with Crippen LogP contribution >= 0.6 is 0 Å². The van der Waals surface area contributed by atoms with Crippen LogP contribution in [-0.2, 0) is 41.6 Å². The van der Waals surface area contributed by atoms with E-state index in [1.165, 1.54) is 5.19 Å². The Labute approximate surface area is 257 Å². The molecule has 236 valence electrons. The average molecular weight is 613 g/mol. The summed E-state index contributed by atoms with van der Waals surface area (Å²) in [6, 6.07) is 14.9. The van der Waals surface area contributed by atoms with Crippen LogP contribution in [0.15, 0.2) is 54.6 Å². The van der Waals surface area contributed by atoms with Gasteiger partial charge in [0.25, 0.3) is 0 Å². The van der Waals surface area contributed by atoms with Gasteiger partial charge in [-0.05, 0) is 59.1 Å². The lowest BCUT2D eigenvalue weighted by atomic mass is 10.0. The highest BCUT2D eigenvalue weighted by atomic mass is 28.3. The van der Waals surface area contributed by atoms with Crippen LogP contribution in [0.5, 0.6) is 0 Å². The molecule has 2 N–H and O–H groups in total. The number of hydrogen-bond acceptors (Lipinski definition) is 7. The fraction of sp³-hybridized carbons (Fsp3) is 0.515. The molecule has 0 aromatic heterocycles. The summed E-state index contributed by atoms with van der Waals surface area (Å²) < 4.78 is 16.3. The maximum Gasteiger partial charge on any atom is 0.408 e. The summed E-state index contributed by atoms with van der Waals surface area (Å²) in [6.07, 6.45) is -0.836. The number of alkyl carbamates (subject to hydrolysis) is 1. The maximum atomic E-state index is 13.6. The lowest BCUT2D eigenvalue weighted by Crippen LogP contribution is -2.53. The number of esters is 2. The molecule has 0 spiro atoms. The maximum absolute atomic E-state index is 13.6. The lowest BCUT2D eigenvalue weighted by molar-refractivity contribution is -0.159. The van der Waals surface area contributed by atoms with Crippen molar-refractivity contribution >= 4 is 37.2 Å². The molecular weight excluding hydrogens is 564 g/mol. The van der Waals surface area contributed by atoms with Gasteiger partial charge >= 0.3 is 18.0 Å². The molecular formula is C33H48N2O7Si. The molecule has 43 heavy (non-hydrogen) atoms. The highest BCUT2D eigenvalue weighted by molar-refractivity contribution is 6.88. The van der Waals surface area contributed by atoms with Gasteiger partial charge in [0.2, 0.25) is 5.91 Å². The van der Waals surface area contributed by atoms with Crippen molar-refractivity contribution < 1.29 is 33.4 Å². The van der Waals surface area contributed by atoms with E-state index in [1.807, 2.05) is 42.5 Å². The van der Waals surface area contributed by atoms with Gasteiger partial charge in [-0.25, -0.2) is 9.59 Å². The van der Waals surface area contributed by atoms with Gasteiger partial charge in [-0.2, -0.15) is 0 Å². The molecule has 9 nitrogen and oxygen atoms in total. The fourth-order valence-corrected chi connectivity index (χ4v) is 5.28. The standard InChI is InChI=1S/C33H48N2O7Si/c1-32(2,3)41-28(36)19-18-26(35-31(39)40-22-23-14-11-10-12-15-23)29(37)34-27(30(38)42-33(4,5)6)21-24-16-13-17-25(20-24)43(7,8)9/h10-17,20,26-27H,18-19,21-22H2,1-9H3,(H,34,37)(H,35,39)/t26-,27-/m0/s1. The van der Waals surface area contributed by atoms with Crippen LogP contribution in [0.1, 0.15) is 65.5 Å². The Kier molecular flexibility index (Phi) is 12.5. The van der Waals surface area contributed by atoms with E-state index in [1.54, 1.807) is 41.5 Å². The molecule has 2 aromatic carbocycles. The smallest absolute Gasteiger partial charge is 0.408 e. The number of benzene rings is 2. The van der Waals surface area contributed by atoms with E-state index in [-0.39, 0.29) is 25.9 Å². The number of rotatable bonds is 12. The molecule has 0 fully saturated rings. The summed E-state index contributed by atoms with van der Waals surface area (Å²) in [4.78, 5) is 52.1. The van der Waals surface area contributed by atoms with Crippen LogP contribution in [0.4, 0.5) is 4.79 Å². The number of carbonyl (C=O) groups excluding carboxylic acids is 4. The Balaban J connectivity index is 2.27. The summed E-state index contributed by atoms with van der Waals surface area (Å²) in [5.41, 5.74) is 0.161. The fourth-order valence-electron chi connectivity index (χ4n) is 4.07. The summed E-state index contributed by atoms with van der Waals surface area (Å²) >= 11 is 0. The molecule has 0 radical (unpaired) electrons. The molecule has 0 saturated heterocycles. The Morgan fingerprint density at radius 3 is 1.95 bits per heavy atom. The quantitative estimate of drug-likeness (QED) is 0.196. The number of hydrogen-bond donors (Lipinski definition) is 2. The monoisotopic (exact) mass is 612 g/mol. The molecule has 0 aliphatic heterocycles. The van der Waals surface area contributed by atoms with Crippen molar-refractivity contribution in [3.05, 3.63) is 65.7 Å². The Morgan fingerprint density at radius 1 is 0.767 bits per heavy atom. The number of ether oxygens (including phenoxy) is 3. The molecule has 0 saturated carbocycles. The van der Waals surface area contributed by atoms with Gasteiger partial charge in [0.15, 0.2) is 0 Å². The Morgan fingerprint density at radius 2 is 1.37 bits per heavy atom. The van der Waals surface area contributed by atoms with E-state index in [2.05, 4.69) is 42.4 Å². The zero-order chi connectivity index (χ0) is 32.4. The Hall–Kier alpha value is -3.66. The van der Waals surface area contributed by atoms with Crippen molar-refractivity contribution in [1.29, 1.82) is 0 Å². The van der Waals surface area contributed by atoms with Crippen LogP contribution in [-0.4, -0.2) is 55.3 Å². The van der Waals surface area contributed by atoms with E-state index in [0.717, 1.165) is 11.1 Å². The van der Waals surface area contributed by atoms with Gasteiger partial charge in [-0.1, -0.05) is 79.4 Å². The first-order valence-electron chi connectivity index (χ1n) is 14.6. The molecule has 0 heterocycles. The molecule has 2 rings (SSSR count). The summed E-state index contributed by atoms with van der Waals surface area (Å²) in [5, 5.41) is 6.56. The minimum atomic E-state index is -1.63. The molecule has 10 heteroatoms. The second-order valence-corrected chi connectivity index (χ2v) is 18.7. The van der Waals surface area contributed by atoms with Crippen molar-refractivity contribution in [2.75, 3.05) is 0 Å². The number of nitrogens with one attached hydrogen (secondary N) is 2. The van der Waals surface area contributed by atoms with E-state index < -0.39 is 55.3 Å². The minimum absolute atomic E-state index is 0.00103. The van der Waals surface area contributed by atoms with E-state index in [4.69, 9.17) is 14.2 Å². The number of amides is 2. The van der Waals surface area contributed by atoms with Crippen molar-refractivity contribution in [3.8, 4) is 0 Å². The highest BCUT2D eigenvalue weighted by Crippen LogP contribution is 2.14. The lowest BCUT2D eigenvalue weighted by Gasteiger charge is -2.27. The van der Waals surface area contributed by atoms with Gasteiger partial charge in [0.05, 0.1) is 8.07 Å². The second-order valence-electron chi connectivity index (χ2n) is 13.6. The van der Waals surface area contributed by atoms with Gasteiger partial charge in [0, 0.05) is 12.8 Å². The predicted octanol–water partition coefficient (Wildman–Crippen LogP) is 5.02. The zero-order valence-corrected chi connectivity index (χ0v) is 28.0. The van der Waals surface area contributed by atoms with Crippen molar-refractivity contribution in [2.24, 2.45) is 0 Å². The van der Waals surface area contributed by atoms with Crippen molar-refractivity contribution in [2.45, 2.75) is 110 Å². The molecule has 0 aliphatic rings. The second kappa shape index (κ2) is 15.2. The molecule has 2 aromatic rings. The largest absolute Gasteiger partial charge is 0.460 e. The van der Waals surface area contributed by atoms with Gasteiger partial charge < -0.3 is 24.8 Å². The normalized spacial score (nSPS) is 13.3. The highest BCUT2D eigenvalue weighted by Gasteiger charge is 2.31. The third-order valence-corrected chi connectivity index (χ3v) is 8.16. The summed E-state index contributed by atoms with van der Waals surface area (Å²) in [7, 11) is -1.63. The van der Waals surface area contributed by atoms with E-state index >= 15 is 0 Å². The first-order valence-corrected chi connectivity index (χ1v) is 18.1.